The molecule has 3 rings (SSSR count). The van der Waals surface area contributed by atoms with Gasteiger partial charge in [0, 0.05) is 11.5 Å². The molecule has 108 valence electrons. The summed E-state index contributed by atoms with van der Waals surface area (Å²) in [7, 11) is 0. The fraction of sp³-hybridized carbons (Fsp3) is 0.571. The molecule has 2 heterocycles. The van der Waals surface area contributed by atoms with Crippen molar-refractivity contribution in [3.8, 4) is 0 Å². The molecule has 20 heavy (non-hydrogen) atoms. The highest BCUT2D eigenvalue weighted by molar-refractivity contribution is 7.17. The minimum atomic E-state index is -0.947. The number of carboxylic acid groups (broad SMARTS) is 1. The first-order valence-corrected chi connectivity index (χ1v) is 7.76. The van der Waals surface area contributed by atoms with Gasteiger partial charge in [-0.25, -0.2) is 4.79 Å². The predicted molar refractivity (Wildman–Crippen MR) is 75.5 cm³/mol. The summed E-state index contributed by atoms with van der Waals surface area (Å²) in [6.07, 6.45) is 4.91. The Bertz CT molecular complexity index is 546. The Morgan fingerprint density at radius 2 is 2.20 bits per heavy atom. The molecule has 1 unspecified atom stereocenters. The number of thiophene rings is 1. The third kappa shape index (κ3) is 2.58. The number of hydrogen-bond acceptors (Lipinski definition) is 4. The maximum atomic E-state index is 12.0. The van der Waals surface area contributed by atoms with E-state index in [0.717, 1.165) is 42.5 Å². The van der Waals surface area contributed by atoms with Gasteiger partial charge in [0.1, 0.15) is 5.00 Å². The van der Waals surface area contributed by atoms with Crippen molar-refractivity contribution in [3.05, 3.63) is 16.0 Å². The van der Waals surface area contributed by atoms with Gasteiger partial charge in [-0.05, 0) is 37.7 Å². The average Bonchev–Trinajstić information content (AvgIpc) is 3.04. The number of carbonyl (C=O) groups is 2. The lowest BCUT2D eigenvalue weighted by atomic mass is 10.1. The minimum Gasteiger partial charge on any atom is -0.478 e. The van der Waals surface area contributed by atoms with Crippen molar-refractivity contribution in [2.24, 2.45) is 0 Å². The van der Waals surface area contributed by atoms with Crippen molar-refractivity contribution < 1.29 is 19.4 Å². The third-order valence-electron chi connectivity index (χ3n) is 3.83. The van der Waals surface area contributed by atoms with Crippen molar-refractivity contribution in [1.29, 1.82) is 0 Å². The van der Waals surface area contributed by atoms with Crippen molar-refractivity contribution in [1.82, 2.24) is 0 Å². The van der Waals surface area contributed by atoms with E-state index in [4.69, 9.17) is 4.74 Å². The third-order valence-corrected chi connectivity index (χ3v) is 5.03. The lowest BCUT2D eigenvalue weighted by molar-refractivity contribution is -0.118. The molecule has 0 bridgehead atoms. The van der Waals surface area contributed by atoms with Crippen LogP contribution in [-0.2, 0) is 22.4 Å². The summed E-state index contributed by atoms with van der Waals surface area (Å²) in [6.45, 7) is 0.714. The average molecular weight is 295 g/mol. The Balaban J connectivity index is 1.73. The number of nitrogens with one attached hydrogen (secondary N) is 1. The van der Waals surface area contributed by atoms with Crippen LogP contribution in [0, 0.1) is 0 Å². The number of fused-ring (bicyclic) bond motifs is 1. The molecule has 0 saturated carbocycles. The number of carbonyl (C=O) groups excluding carboxylic acids is 1. The highest BCUT2D eigenvalue weighted by atomic mass is 32.1. The highest BCUT2D eigenvalue weighted by Crippen LogP contribution is 2.39. The Morgan fingerprint density at radius 1 is 1.35 bits per heavy atom. The van der Waals surface area contributed by atoms with Crippen LogP contribution in [0.1, 0.15) is 46.5 Å². The fourth-order valence-electron chi connectivity index (χ4n) is 2.91. The van der Waals surface area contributed by atoms with Crippen LogP contribution in [0.5, 0.6) is 0 Å². The number of amides is 1. The lowest BCUT2D eigenvalue weighted by Gasteiger charge is -2.09. The highest BCUT2D eigenvalue weighted by Gasteiger charge is 2.28. The van der Waals surface area contributed by atoms with E-state index in [-0.39, 0.29) is 12.0 Å². The second-order valence-electron chi connectivity index (χ2n) is 5.25. The van der Waals surface area contributed by atoms with Crippen LogP contribution in [0.4, 0.5) is 5.00 Å². The molecule has 1 amide bonds. The molecular weight excluding hydrogens is 278 g/mol. The molecule has 1 saturated heterocycles. The summed E-state index contributed by atoms with van der Waals surface area (Å²) in [5.41, 5.74) is 1.21. The first-order valence-electron chi connectivity index (χ1n) is 6.94. The first kappa shape index (κ1) is 13.6. The zero-order valence-electron chi connectivity index (χ0n) is 11.1. The monoisotopic (exact) mass is 295 g/mol. The molecule has 1 aromatic heterocycles. The fourth-order valence-corrected chi connectivity index (χ4v) is 4.21. The van der Waals surface area contributed by atoms with Gasteiger partial charge in [0.2, 0.25) is 5.91 Å². The summed E-state index contributed by atoms with van der Waals surface area (Å²) < 4.78 is 5.43. The SMILES string of the molecule is O=C(CC1CCCO1)Nc1sc2c(c1C(=O)O)CCC2. The second kappa shape index (κ2) is 5.54. The van der Waals surface area contributed by atoms with E-state index in [1.165, 1.54) is 11.3 Å². The number of carboxylic acids is 1. The lowest BCUT2D eigenvalue weighted by Crippen LogP contribution is -2.20. The minimum absolute atomic E-state index is 0.0184. The van der Waals surface area contributed by atoms with Crippen LogP contribution >= 0.6 is 11.3 Å². The zero-order chi connectivity index (χ0) is 14.1. The molecule has 6 heteroatoms. The smallest absolute Gasteiger partial charge is 0.339 e. The summed E-state index contributed by atoms with van der Waals surface area (Å²) in [5, 5.41) is 12.6. The molecule has 1 aliphatic carbocycles. The number of ether oxygens (including phenoxy) is 1. The first-order chi connectivity index (χ1) is 9.65. The molecule has 5 nitrogen and oxygen atoms in total. The van der Waals surface area contributed by atoms with Gasteiger partial charge in [-0.3, -0.25) is 4.79 Å². The number of aryl methyl sites for hydroxylation is 1. The molecule has 0 spiro atoms. The molecule has 1 aliphatic heterocycles. The number of rotatable bonds is 4. The summed E-state index contributed by atoms with van der Waals surface area (Å²) in [4.78, 5) is 24.5. The molecule has 1 atom stereocenters. The molecule has 0 radical (unpaired) electrons. The summed E-state index contributed by atoms with van der Waals surface area (Å²) in [5.74, 6) is -1.10. The van der Waals surface area contributed by atoms with Gasteiger partial charge < -0.3 is 15.2 Å². The van der Waals surface area contributed by atoms with E-state index in [1.807, 2.05) is 0 Å². The van der Waals surface area contributed by atoms with Gasteiger partial charge in [-0.15, -0.1) is 11.3 Å². The Hall–Kier alpha value is -1.40. The van der Waals surface area contributed by atoms with Crippen LogP contribution in [0.25, 0.3) is 0 Å². The van der Waals surface area contributed by atoms with Crippen molar-refractivity contribution in [2.75, 3.05) is 11.9 Å². The van der Waals surface area contributed by atoms with E-state index in [1.54, 1.807) is 0 Å². The topological polar surface area (TPSA) is 75.6 Å². The van der Waals surface area contributed by atoms with Gasteiger partial charge in [-0.1, -0.05) is 0 Å². The summed E-state index contributed by atoms with van der Waals surface area (Å²) in [6, 6.07) is 0. The predicted octanol–water partition coefficient (Wildman–Crippen LogP) is 2.44. The number of hydrogen-bond donors (Lipinski definition) is 2. The van der Waals surface area contributed by atoms with Gasteiger partial charge in [-0.2, -0.15) is 0 Å². The maximum absolute atomic E-state index is 12.0. The Labute approximate surface area is 120 Å². The van der Waals surface area contributed by atoms with E-state index >= 15 is 0 Å². The van der Waals surface area contributed by atoms with Crippen LogP contribution < -0.4 is 5.32 Å². The van der Waals surface area contributed by atoms with E-state index in [9.17, 15) is 14.7 Å². The molecule has 1 aromatic rings. The molecular formula is C14H17NO4S. The second-order valence-corrected chi connectivity index (χ2v) is 6.36. The largest absolute Gasteiger partial charge is 0.478 e. The number of anilines is 1. The quantitative estimate of drug-likeness (QED) is 0.894. The van der Waals surface area contributed by atoms with Crippen molar-refractivity contribution in [2.45, 2.75) is 44.6 Å². The maximum Gasteiger partial charge on any atom is 0.339 e. The number of aromatic carboxylic acids is 1. The molecule has 1 fully saturated rings. The van der Waals surface area contributed by atoms with Crippen LogP contribution in [0.15, 0.2) is 0 Å². The van der Waals surface area contributed by atoms with Crippen molar-refractivity contribution >= 4 is 28.2 Å². The normalized spacial score (nSPS) is 20.9. The summed E-state index contributed by atoms with van der Waals surface area (Å²) >= 11 is 1.41. The van der Waals surface area contributed by atoms with E-state index in [0.29, 0.717) is 23.6 Å². The van der Waals surface area contributed by atoms with Crippen molar-refractivity contribution in [3.63, 3.8) is 0 Å². The van der Waals surface area contributed by atoms with Gasteiger partial charge in [0.15, 0.2) is 0 Å². The van der Waals surface area contributed by atoms with Crippen LogP contribution in [0.3, 0.4) is 0 Å². The standard InChI is InChI=1S/C14H17NO4S/c16-11(7-8-3-2-6-19-8)15-13-12(14(17)18)9-4-1-5-10(9)20-13/h8H,1-7H2,(H,15,16)(H,17,18). The van der Waals surface area contributed by atoms with Gasteiger partial charge in [0.25, 0.3) is 0 Å². The van der Waals surface area contributed by atoms with E-state index in [2.05, 4.69) is 5.32 Å². The van der Waals surface area contributed by atoms with Gasteiger partial charge in [0.05, 0.1) is 18.1 Å². The zero-order valence-corrected chi connectivity index (χ0v) is 11.9. The Kier molecular flexibility index (Phi) is 3.76. The Morgan fingerprint density at radius 3 is 2.90 bits per heavy atom. The molecule has 0 aromatic carbocycles. The molecule has 2 N–H and O–H groups in total. The van der Waals surface area contributed by atoms with Crippen LogP contribution in [-0.4, -0.2) is 29.7 Å². The van der Waals surface area contributed by atoms with E-state index < -0.39 is 5.97 Å². The van der Waals surface area contributed by atoms with Crippen LogP contribution in [0.2, 0.25) is 0 Å². The van der Waals surface area contributed by atoms with Gasteiger partial charge >= 0.3 is 5.97 Å². The molecule has 2 aliphatic rings.